The van der Waals surface area contributed by atoms with E-state index < -0.39 is 0 Å². The van der Waals surface area contributed by atoms with Crippen molar-refractivity contribution in [1.82, 2.24) is 4.98 Å². The molecule has 3 rings (SSSR count). The minimum absolute atomic E-state index is 0.109. The number of fused-ring (bicyclic) bond motifs is 1. The number of hydrogen-bond donors (Lipinski definition) is 1. The van der Waals surface area contributed by atoms with Crippen molar-refractivity contribution in [1.29, 1.82) is 0 Å². The van der Waals surface area contributed by atoms with Crippen molar-refractivity contribution >= 4 is 17.3 Å². The number of pyridine rings is 1. The summed E-state index contributed by atoms with van der Waals surface area (Å²) in [6.07, 6.45) is 4.98. The van der Waals surface area contributed by atoms with Crippen molar-refractivity contribution < 1.29 is 4.39 Å². The van der Waals surface area contributed by atoms with Crippen molar-refractivity contribution in [3.63, 3.8) is 0 Å². The fourth-order valence-corrected chi connectivity index (χ4v) is 2.59. The Morgan fingerprint density at radius 1 is 1.33 bits per heavy atom. The highest BCUT2D eigenvalue weighted by Gasteiger charge is 2.25. The Kier molecular flexibility index (Phi) is 2.92. The summed E-state index contributed by atoms with van der Waals surface area (Å²) in [4.78, 5) is 4.04. The Bertz CT molecular complexity index is 586. The van der Waals surface area contributed by atoms with E-state index in [2.05, 4.69) is 10.3 Å². The molecule has 0 amide bonds. The van der Waals surface area contributed by atoms with Crippen molar-refractivity contribution in [2.75, 3.05) is 5.32 Å². The van der Waals surface area contributed by atoms with Gasteiger partial charge in [0, 0.05) is 6.20 Å². The molecule has 1 heterocycles. The fraction of sp³-hybridized carbons (Fsp3) is 0.214. The molecule has 0 aliphatic heterocycles. The molecule has 0 saturated heterocycles. The average Bonchev–Trinajstić information content (AvgIpc) is 2.77. The first kappa shape index (κ1) is 11.5. The summed E-state index contributed by atoms with van der Waals surface area (Å²) in [6.45, 7) is 0. The van der Waals surface area contributed by atoms with E-state index in [1.165, 1.54) is 6.07 Å². The number of benzene rings is 1. The third-order valence-electron chi connectivity index (χ3n) is 3.31. The predicted octanol–water partition coefficient (Wildman–Crippen LogP) is 3.97. The second-order valence-corrected chi connectivity index (χ2v) is 4.81. The topological polar surface area (TPSA) is 24.9 Å². The largest absolute Gasteiger partial charge is 0.376 e. The van der Waals surface area contributed by atoms with Crippen LogP contribution >= 0.6 is 11.6 Å². The molecule has 0 bridgehead atoms. The van der Waals surface area contributed by atoms with Crippen LogP contribution in [0, 0.1) is 5.82 Å². The maximum atomic E-state index is 13.6. The summed E-state index contributed by atoms with van der Waals surface area (Å²) in [6, 6.07) is 7.08. The molecule has 1 aromatic carbocycles. The smallest absolute Gasteiger partial charge is 0.126 e. The lowest BCUT2D eigenvalue weighted by Crippen LogP contribution is -2.07. The molecule has 1 aliphatic rings. The van der Waals surface area contributed by atoms with Crippen LogP contribution in [0.4, 0.5) is 10.1 Å². The van der Waals surface area contributed by atoms with Crippen LogP contribution in [0.25, 0.3) is 0 Å². The Labute approximate surface area is 110 Å². The van der Waals surface area contributed by atoms with E-state index in [1.807, 2.05) is 6.07 Å². The lowest BCUT2D eigenvalue weighted by Gasteiger charge is -2.16. The Hall–Kier alpha value is -1.61. The molecule has 1 atom stereocenters. The minimum atomic E-state index is -0.117. The first-order valence-electron chi connectivity index (χ1n) is 5.89. The highest BCUT2D eigenvalue weighted by Crippen LogP contribution is 2.36. The van der Waals surface area contributed by atoms with E-state index in [-0.39, 0.29) is 11.9 Å². The van der Waals surface area contributed by atoms with E-state index in [0.29, 0.717) is 5.02 Å². The first-order valence-corrected chi connectivity index (χ1v) is 6.27. The summed E-state index contributed by atoms with van der Waals surface area (Å²) in [5.74, 6) is -0.117. The molecular formula is C14H12ClFN2. The molecule has 2 nitrogen and oxygen atoms in total. The minimum Gasteiger partial charge on any atom is -0.376 e. The Balaban J connectivity index is 1.90. The average molecular weight is 263 g/mol. The van der Waals surface area contributed by atoms with Crippen LogP contribution in [-0.4, -0.2) is 4.98 Å². The number of hydrogen-bond acceptors (Lipinski definition) is 2. The summed E-state index contributed by atoms with van der Waals surface area (Å²) in [7, 11) is 0. The standard InChI is InChI=1S/C14H12ClFN2/c15-11-6-7-17-8-14(11)18-13-5-4-9-10(13)2-1-3-12(9)16/h1-3,6-8,13,18H,4-5H2. The van der Waals surface area contributed by atoms with E-state index in [1.54, 1.807) is 24.5 Å². The maximum absolute atomic E-state index is 13.6. The molecular weight excluding hydrogens is 251 g/mol. The van der Waals surface area contributed by atoms with Crippen LogP contribution in [-0.2, 0) is 6.42 Å². The van der Waals surface area contributed by atoms with Crippen molar-refractivity contribution in [3.05, 3.63) is 58.6 Å². The van der Waals surface area contributed by atoms with Gasteiger partial charge in [0.15, 0.2) is 0 Å². The number of aromatic nitrogens is 1. The van der Waals surface area contributed by atoms with E-state index in [9.17, 15) is 4.39 Å². The van der Waals surface area contributed by atoms with Crippen LogP contribution in [0.2, 0.25) is 5.02 Å². The van der Waals surface area contributed by atoms with Gasteiger partial charge in [-0.25, -0.2) is 4.39 Å². The van der Waals surface area contributed by atoms with Gasteiger partial charge in [0.2, 0.25) is 0 Å². The van der Waals surface area contributed by atoms with Gasteiger partial charge in [0.25, 0.3) is 0 Å². The van der Waals surface area contributed by atoms with Crippen molar-refractivity contribution in [2.45, 2.75) is 18.9 Å². The molecule has 0 radical (unpaired) electrons. The molecule has 1 unspecified atom stereocenters. The van der Waals surface area contributed by atoms with Crippen molar-refractivity contribution in [3.8, 4) is 0 Å². The van der Waals surface area contributed by atoms with Gasteiger partial charge < -0.3 is 5.32 Å². The Morgan fingerprint density at radius 2 is 2.22 bits per heavy atom. The number of nitrogens with zero attached hydrogens (tertiary/aromatic N) is 1. The number of rotatable bonds is 2. The SMILES string of the molecule is Fc1cccc2c1CCC2Nc1cnccc1Cl. The van der Waals surface area contributed by atoms with Gasteiger partial charge in [0.05, 0.1) is 22.9 Å². The number of anilines is 1. The normalized spacial score (nSPS) is 17.6. The maximum Gasteiger partial charge on any atom is 0.126 e. The van der Waals surface area contributed by atoms with Gasteiger partial charge in [-0.15, -0.1) is 0 Å². The Morgan fingerprint density at radius 3 is 3.06 bits per heavy atom. The first-order chi connectivity index (χ1) is 8.75. The van der Waals surface area contributed by atoms with Crippen molar-refractivity contribution in [2.24, 2.45) is 0 Å². The van der Waals surface area contributed by atoms with E-state index in [4.69, 9.17) is 11.6 Å². The van der Waals surface area contributed by atoms with Gasteiger partial charge in [0.1, 0.15) is 5.82 Å². The molecule has 1 aliphatic carbocycles. The molecule has 0 spiro atoms. The number of halogens is 2. The highest BCUT2D eigenvalue weighted by atomic mass is 35.5. The zero-order chi connectivity index (χ0) is 12.5. The molecule has 2 aromatic rings. The van der Waals surface area contributed by atoms with E-state index >= 15 is 0 Å². The lowest BCUT2D eigenvalue weighted by molar-refractivity contribution is 0.612. The van der Waals surface area contributed by atoms with Crippen LogP contribution < -0.4 is 5.32 Å². The third-order valence-corrected chi connectivity index (χ3v) is 3.64. The quantitative estimate of drug-likeness (QED) is 0.886. The molecule has 0 saturated carbocycles. The molecule has 1 N–H and O–H groups in total. The molecule has 92 valence electrons. The van der Waals surface area contributed by atoms with Gasteiger partial charge >= 0.3 is 0 Å². The lowest BCUT2D eigenvalue weighted by atomic mass is 10.1. The highest BCUT2D eigenvalue weighted by molar-refractivity contribution is 6.33. The fourth-order valence-electron chi connectivity index (χ4n) is 2.43. The summed E-state index contributed by atoms with van der Waals surface area (Å²) >= 11 is 6.08. The summed E-state index contributed by atoms with van der Waals surface area (Å²) in [5.41, 5.74) is 2.63. The van der Waals surface area contributed by atoms with Gasteiger partial charge in [-0.05, 0) is 36.1 Å². The third kappa shape index (κ3) is 1.95. The molecule has 4 heteroatoms. The molecule has 18 heavy (non-hydrogen) atoms. The van der Waals surface area contributed by atoms with Gasteiger partial charge in [-0.3, -0.25) is 4.98 Å². The van der Waals surface area contributed by atoms with E-state index in [0.717, 1.165) is 29.7 Å². The zero-order valence-corrected chi connectivity index (χ0v) is 10.4. The van der Waals surface area contributed by atoms with Crippen LogP contribution in [0.1, 0.15) is 23.6 Å². The van der Waals surface area contributed by atoms with Gasteiger partial charge in [-0.2, -0.15) is 0 Å². The zero-order valence-electron chi connectivity index (χ0n) is 9.66. The second kappa shape index (κ2) is 4.58. The van der Waals surface area contributed by atoms with Crippen LogP contribution in [0.3, 0.4) is 0 Å². The monoisotopic (exact) mass is 262 g/mol. The predicted molar refractivity (Wildman–Crippen MR) is 70.3 cm³/mol. The molecule has 1 aromatic heterocycles. The van der Waals surface area contributed by atoms with Crippen LogP contribution in [0.15, 0.2) is 36.7 Å². The van der Waals surface area contributed by atoms with Gasteiger partial charge in [-0.1, -0.05) is 23.7 Å². The summed E-state index contributed by atoms with van der Waals surface area (Å²) < 4.78 is 13.6. The number of nitrogens with one attached hydrogen (secondary N) is 1. The summed E-state index contributed by atoms with van der Waals surface area (Å²) in [5, 5.41) is 3.97. The van der Waals surface area contributed by atoms with Crippen LogP contribution in [0.5, 0.6) is 0 Å². The second-order valence-electron chi connectivity index (χ2n) is 4.40. The molecule has 0 fully saturated rings.